The molecule has 2 aromatic heterocycles. The summed E-state index contributed by atoms with van der Waals surface area (Å²) in [5.41, 5.74) is -7.44. The number of anilines is 6. The van der Waals surface area contributed by atoms with Crippen LogP contribution in [-0.2, 0) is 23.7 Å². The lowest BCUT2D eigenvalue weighted by atomic mass is 9.33. The maximum atomic E-state index is 11.7. The van der Waals surface area contributed by atoms with Gasteiger partial charge in [-0.15, -0.1) is 0 Å². The Balaban J connectivity index is 1.24. The number of benzene rings is 12. The van der Waals surface area contributed by atoms with Crippen molar-refractivity contribution in [3.05, 3.63) is 282 Å². The molecule has 0 aliphatic carbocycles. The zero-order valence-electron chi connectivity index (χ0n) is 85.7. The number of aryl methyl sites for hydroxylation is 2. The quantitative estimate of drug-likeness (QED) is 0.0708. The van der Waals surface area contributed by atoms with Crippen molar-refractivity contribution in [2.45, 2.75) is 124 Å². The number of fused-ring (bicyclic) bond motifs is 10. The summed E-state index contributed by atoms with van der Waals surface area (Å²) in [5.74, 6) is 0. The van der Waals surface area contributed by atoms with Gasteiger partial charge in [-0.25, -0.2) is 0 Å². The van der Waals surface area contributed by atoms with E-state index in [9.17, 15) is 32.9 Å². The smallest absolute Gasteiger partial charge is 0.252 e. The summed E-state index contributed by atoms with van der Waals surface area (Å²) in [6, 6.07) is -2.86. The number of nitrogens with zero attached hydrogens (tertiary/aromatic N) is 4. The first-order chi connectivity index (χ1) is 59.8. The standard InChI is InChI=1S/C91H85BN4/c1-9-11-13-18-40-65-54-66(61-33-19-14-20-34-61)53-64(39-17-12-10-2)88(65)95-83-59-69(93-79-45-29-25-41-71(79)72-42-26-30-46-80(72)93)49-51-77(83)92-78-52-50-70(94-81-47-31-27-43-73(81)74-44-28-32-48-82(74)94)60-84(78)96(86-58-68(91(6,7)8)57-85(95)87(86)92)89-75(62-35-21-15-22-36-62)55-67(90(3,4)5)56-76(89)63-37-23-16-24-38-63/h14-16,19-38,41-60H,9-13,17-18,39-40H2,1-8H3/i14D,19D,20D,25D,26D,27D,28D,29D,30D,31D,32D,33D,34D,41D,42D,43D,44D,45D,46D,47D,48D,49D,50D,51D,52D,55D,56D,57D,58D,59D,60D. The third-order valence-electron chi connectivity index (χ3n) is 18.3. The number of rotatable bonds is 16. The Kier molecular flexibility index (Phi) is 9.12. The fraction of sp³-hybridized carbons (Fsp3) is 0.209. The average molecular weight is 1280 g/mol. The zero-order chi connectivity index (χ0) is 92.4. The lowest BCUT2D eigenvalue weighted by Gasteiger charge is -2.47. The van der Waals surface area contributed by atoms with E-state index >= 15 is 0 Å². The van der Waals surface area contributed by atoms with Crippen molar-refractivity contribution in [1.29, 1.82) is 0 Å². The van der Waals surface area contributed by atoms with Crippen molar-refractivity contribution >= 4 is 101 Å². The van der Waals surface area contributed by atoms with E-state index in [2.05, 4.69) is 0 Å². The Hall–Kier alpha value is -10.1. The monoisotopic (exact) mass is 1280 g/mol. The van der Waals surface area contributed by atoms with Crippen LogP contribution in [0.4, 0.5) is 34.1 Å². The molecule has 0 saturated carbocycles. The molecule has 0 N–H and O–H groups in total. The fourth-order valence-corrected chi connectivity index (χ4v) is 13.7. The van der Waals surface area contributed by atoms with Crippen LogP contribution >= 0.6 is 0 Å². The second kappa shape index (κ2) is 24.6. The van der Waals surface area contributed by atoms with Crippen LogP contribution in [0.3, 0.4) is 0 Å². The second-order valence-corrected chi connectivity index (χ2v) is 26.7. The highest BCUT2D eigenvalue weighted by Crippen LogP contribution is 2.54. The molecule has 4 heterocycles. The predicted octanol–water partition coefficient (Wildman–Crippen LogP) is 23.4. The molecule has 2 aliphatic heterocycles. The van der Waals surface area contributed by atoms with Crippen LogP contribution in [0.15, 0.2) is 260 Å². The van der Waals surface area contributed by atoms with Gasteiger partial charge in [0.15, 0.2) is 0 Å². The van der Waals surface area contributed by atoms with E-state index in [1.54, 1.807) is 98.5 Å². The first kappa shape index (κ1) is 35.6. The maximum Gasteiger partial charge on any atom is 0.252 e. The topological polar surface area (TPSA) is 16.3 Å². The number of unbranched alkanes of at least 4 members (excludes halogenated alkanes) is 5. The predicted molar refractivity (Wildman–Crippen MR) is 414 cm³/mol. The molecule has 472 valence electrons. The van der Waals surface area contributed by atoms with Gasteiger partial charge in [0.25, 0.3) is 6.71 Å². The van der Waals surface area contributed by atoms with E-state index in [-0.39, 0.29) is 86.5 Å². The number of aromatic nitrogens is 2. The van der Waals surface area contributed by atoms with Crippen LogP contribution in [0, 0.1) is 0 Å². The van der Waals surface area contributed by atoms with E-state index in [4.69, 9.17) is 9.60 Å². The number of hydrogen-bond donors (Lipinski definition) is 0. The molecule has 4 nitrogen and oxygen atoms in total. The van der Waals surface area contributed by atoms with Gasteiger partial charge in [-0.3, -0.25) is 0 Å². The Labute approximate surface area is 611 Å². The Morgan fingerprint density at radius 1 is 0.365 bits per heavy atom. The van der Waals surface area contributed by atoms with Gasteiger partial charge in [-0.1, -0.05) is 263 Å². The Morgan fingerprint density at radius 2 is 0.760 bits per heavy atom. The van der Waals surface area contributed by atoms with Gasteiger partial charge in [-0.2, -0.15) is 0 Å². The Bertz CT molecular complexity index is 6940. The summed E-state index contributed by atoms with van der Waals surface area (Å²) in [4.78, 5) is 2.97. The van der Waals surface area contributed by atoms with Crippen molar-refractivity contribution in [2.24, 2.45) is 0 Å². The van der Waals surface area contributed by atoms with Gasteiger partial charge in [0.05, 0.1) is 75.9 Å². The molecule has 16 rings (SSSR count). The minimum Gasteiger partial charge on any atom is -0.311 e. The molecule has 0 amide bonds. The molecular weight excluding hydrogens is 1160 g/mol. The molecule has 0 fully saturated rings. The van der Waals surface area contributed by atoms with Crippen molar-refractivity contribution in [1.82, 2.24) is 9.13 Å². The fourth-order valence-electron chi connectivity index (χ4n) is 13.7. The van der Waals surface area contributed by atoms with Crippen LogP contribution in [0.5, 0.6) is 0 Å². The third-order valence-corrected chi connectivity index (χ3v) is 18.3. The second-order valence-electron chi connectivity index (χ2n) is 26.7. The van der Waals surface area contributed by atoms with Crippen molar-refractivity contribution in [2.75, 3.05) is 9.80 Å². The molecule has 5 heteroatoms. The lowest BCUT2D eigenvalue weighted by molar-refractivity contribution is 0.590. The molecule has 0 radical (unpaired) electrons. The highest BCUT2D eigenvalue weighted by molar-refractivity contribution is 7.00. The molecule has 2 aliphatic rings. The van der Waals surface area contributed by atoms with E-state index in [0.29, 0.717) is 60.8 Å². The average Bonchev–Trinajstić information content (AvgIpc) is 1.64. The maximum absolute atomic E-state index is 11.7. The number of hydrogen-bond acceptors (Lipinski definition) is 2. The van der Waals surface area contributed by atoms with Gasteiger partial charge in [0, 0.05) is 66.8 Å². The first-order valence-corrected chi connectivity index (χ1v) is 32.9. The SMILES string of the molecule is [2H]c1c([2H])c([2H])c(-c2cc(CCCCC)c(N3c4c([2H])c(-n5c6c([2H])c([2H])c([2H])c([2H])c6c6c([2H])c([2H])c([2H])c([2H])c65)c([2H])c([2H])c4B4c5c([2H])c([2H])c(-n6c7c([2H])c([2H])c([2H])c([2H])c7c7c([2H])c([2H])c([2H])c([2H])c76)c([2H])c5N(c5c(-c6ccccc6)c([2H])c(C(C)(C)C)c([2H])c5-c5ccccc5)c5c([2H])c(C(C)(C)C)c([2H])c3c54)c(CCCCCC)c2)c([2H])c1[2H]. The summed E-state index contributed by atoms with van der Waals surface area (Å²) in [6.07, 6.45) is 4.04. The van der Waals surface area contributed by atoms with E-state index < -0.39 is 270 Å². The van der Waals surface area contributed by atoms with Crippen molar-refractivity contribution < 1.29 is 42.5 Å². The highest BCUT2D eigenvalue weighted by atomic mass is 15.2. The van der Waals surface area contributed by atoms with Crippen molar-refractivity contribution in [3.8, 4) is 44.8 Å². The van der Waals surface area contributed by atoms with Gasteiger partial charge in [0.1, 0.15) is 0 Å². The first-order valence-electron chi connectivity index (χ1n) is 48.4. The van der Waals surface area contributed by atoms with Crippen LogP contribution in [-0.4, -0.2) is 15.8 Å². The summed E-state index contributed by atoms with van der Waals surface area (Å²) >= 11 is 0. The minimum absolute atomic E-state index is 0.0337. The summed E-state index contributed by atoms with van der Waals surface area (Å²) in [7, 11) is 0. The normalized spacial score (nSPS) is 17.4. The molecule has 96 heavy (non-hydrogen) atoms. The van der Waals surface area contributed by atoms with Crippen molar-refractivity contribution in [3.63, 3.8) is 0 Å². The number of para-hydroxylation sites is 4. The summed E-state index contributed by atoms with van der Waals surface area (Å²) in [6.45, 7) is 12.6. The molecule has 0 bridgehead atoms. The molecule has 12 aromatic carbocycles. The van der Waals surface area contributed by atoms with E-state index in [1.807, 2.05) is 34.6 Å². The lowest BCUT2D eigenvalue weighted by Crippen LogP contribution is -2.61. The molecular formula is C91H85BN4. The minimum atomic E-state index is -2.04. The molecule has 14 aromatic rings. The summed E-state index contributed by atoms with van der Waals surface area (Å²) < 4.78 is 313. The van der Waals surface area contributed by atoms with Gasteiger partial charge >= 0.3 is 0 Å². The Morgan fingerprint density at radius 3 is 1.20 bits per heavy atom. The third kappa shape index (κ3) is 10.5. The molecule has 0 unspecified atom stereocenters. The van der Waals surface area contributed by atoms with E-state index in [0.717, 1.165) is 15.6 Å². The molecule has 0 saturated heterocycles. The van der Waals surface area contributed by atoms with Gasteiger partial charge in [-0.05, 0) is 182 Å². The van der Waals surface area contributed by atoms with Crippen LogP contribution in [0.1, 0.15) is 165 Å². The van der Waals surface area contributed by atoms with Crippen LogP contribution < -0.4 is 26.2 Å². The summed E-state index contributed by atoms with van der Waals surface area (Å²) in [5, 5.41) is -1.88. The largest absolute Gasteiger partial charge is 0.311 e. The van der Waals surface area contributed by atoms with Gasteiger partial charge < -0.3 is 18.9 Å². The van der Waals surface area contributed by atoms with E-state index in [1.165, 1.54) is 4.90 Å². The van der Waals surface area contributed by atoms with Crippen LogP contribution in [0.2, 0.25) is 0 Å². The highest BCUT2D eigenvalue weighted by Gasteiger charge is 2.46. The van der Waals surface area contributed by atoms with Crippen LogP contribution in [0.25, 0.3) is 88.4 Å². The molecule has 0 atom stereocenters. The molecule has 0 spiro atoms. The zero-order valence-corrected chi connectivity index (χ0v) is 54.7. The van der Waals surface area contributed by atoms with Gasteiger partial charge in [0.2, 0.25) is 0 Å².